The fourth-order valence-electron chi connectivity index (χ4n) is 2.74. The first-order valence-electron chi connectivity index (χ1n) is 8.24. The number of benzene rings is 2. The highest BCUT2D eigenvalue weighted by Gasteiger charge is 2.17. The second kappa shape index (κ2) is 6.92. The van der Waals surface area contributed by atoms with Gasteiger partial charge in [0.1, 0.15) is 23.1 Å². The lowest BCUT2D eigenvalue weighted by atomic mass is 10.1. The molecule has 1 N–H and O–H groups in total. The molecule has 0 spiro atoms. The van der Waals surface area contributed by atoms with E-state index in [0.29, 0.717) is 34.1 Å². The monoisotopic (exact) mass is 363 g/mol. The predicted octanol–water partition coefficient (Wildman–Crippen LogP) is 4.31. The first-order valence-corrected chi connectivity index (χ1v) is 8.24. The molecule has 4 rings (SSSR count). The van der Waals surface area contributed by atoms with Crippen molar-refractivity contribution in [3.05, 3.63) is 77.8 Å². The molecule has 0 radical (unpaired) electrons. The number of ether oxygens (including phenoxy) is 1. The SMILES string of the molecule is O=C1COc2ccc(C(=O)/C=C/c3ccc(-c4ccccc4F)o3)cc2N1. The Labute approximate surface area is 154 Å². The van der Waals surface area contributed by atoms with Gasteiger partial charge in [0.15, 0.2) is 12.4 Å². The van der Waals surface area contributed by atoms with Gasteiger partial charge in [-0.25, -0.2) is 4.39 Å². The average molecular weight is 363 g/mol. The molecule has 134 valence electrons. The average Bonchev–Trinajstić information content (AvgIpc) is 3.14. The maximum atomic E-state index is 13.8. The third-order valence-corrected chi connectivity index (χ3v) is 4.06. The van der Waals surface area contributed by atoms with Crippen LogP contribution in [0.4, 0.5) is 10.1 Å². The quantitative estimate of drug-likeness (QED) is 0.554. The van der Waals surface area contributed by atoms with Crippen LogP contribution in [0.3, 0.4) is 0 Å². The molecule has 0 bridgehead atoms. The molecule has 1 aliphatic rings. The van der Waals surface area contributed by atoms with Crippen LogP contribution in [0.15, 0.2) is 65.1 Å². The van der Waals surface area contributed by atoms with Crippen LogP contribution >= 0.6 is 0 Å². The normalized spacial score (nSPS) is 13.1. The Bertz CT molecular complexity index is 1070. The van der Waals surface area contributed by atoms with Crippen LogP contribution < -0.4 is 10.1 Å². The second-order valence-corrected chi connectivity index (χ2v) is 5.93. The molecule has 5 nitrogen and oxygen atoms in total. The van der Waals surface area contributed by atoms with E-state index in [0.717, 1.165) is 0 Å². The summed E-state index contributed by atoms with van der Waals surface area (Å²) in [4.78, 5) is 23.8. The molecule has 0 fully saturated rings. The van der Waals surface area contributed by atoms with E-state index < -0.39 is 0 Å². The van der Waals surface area contributed by atoms with Crippen LogP contribution in [0.25, 0.3) is 17.4 Å². The van der Waals surface area contributed by atoms with E-state index in [-0.39, 0.29) is 24.1 Å². The molecule has 0 unspecified atom stereocenters. The zero-order chi connectivity index (χ0) is 18.8. The van der Waals surface area contributed by atoms with Crippen molar-refractivity contribution in [2.45, 2.75) is 0 Å². The Morgan fingerprint density at radius 1 is 1.11 bits per heavy atom. The molecule has 1 aromatic heterocycles. The van der Waals surface area contributed by atoms with E-state index in [1.807, 2.05) is 0 Å². The van der Waals surface area contributed by atoms with Crippen LogP contribution in [0.2, 0.25) is 0 Å². The summed E-state index contributed by atoms with van der Waals surface area (Å²) in [5.74, 6) is 0.429. The van der Waals surface area contributed by atoms with Crippen molar-refractivity contribution < 1.29 is 23.1 Å². The summed E-state index contributed by atoms with van der Waals surface area (Å²) in [6.45, 7) is -0.0387. The Balaban J connectivity index is 1.52. The van der Waals surface area contributed by atoms with Crippen LogP contribution in [0.5, 0.6) is 5.75 Å². The number of amides is 1. The van der Waals surface area contributed by atoms with Gasteiger partial charge >= 0.3 is 0 Å². The van der Waals surface area contributed by atoms with E-state index in [1.54, 1.807) is 48.5 Å². The number of furan rings is 1. The zero-order valence-electron chi connectivity index (χ0n) is 14.1. The van der Waals surface area contributed by atoms with E-state index in [2.05, 4.69) is 5.32 Å². The molecule has 0 atom stereocenters. The smallest absolute Gasteiger partial charge is 0.262 e. The van der Waals surface area contributed by atoms with Gasteiger partial charge in [0.25, 0.3) is 5.91 Å². The summed E-state index contributed by atoms with van der Waals surface area (Å²) in [7, 11) is 0. The molecule has 6 heteroatoms. The van der Waals surface area contributed by atoms with Crippen molar-refractivity contribution in [3.63, 3.8) is 0 Å². The number of halogens is 1. The van der Waals surface area contributed by atoms with Crippen LogP contribution in [0, 0.1) is 5.82 Å². The van der Waals surface area contributed by atoms with Crippen molar-refractivity contribution in [2.75, 3.05) is 11.9 Å². The maximum absolute atomic E-state index is 13.8. The largest absolute Gasteiger partial charge is 0.482 e. The molecule has 27 heavy (non-hydrogen) atoms. The molecule has 2 heterocycles. The molecule has 1 amide bonds. The van der Waals surface area contributed by atoms with Gasteiger partial charge in [-0.15, -0.1) is 0 Å². The minimum Gasteiger partial charge on any atom is -0.482 e. The lowest BCUT2D eigenvalue weighted by Crippen LogP contribution is -2.25. The molecule has 3 aromatic rings. The molecular weight excluding hydrogens is 349 g/mol. The summed E-state index contributed by atoms with van der Waals surface area (Å²) < 4.78 is 24.7. The topological polar surface area (TPSA) is 68.5 Å². The van der Waals surface area contributed by atoms with Gasteiger partial charge in [0, 0.05) is 5.56 Å². The highest BCUT2D eigenvalue weighted by molar-refractivity contribution is 6.08. The van der Waals surface area contributed by atoms with Gasteiger partial charge in [-0.1, -0.05) is 12.1 Å². The van der Waals surface area contributed by atoms with Gasteiger partial charge in [0.2, 0.25) is 0 Å². The van der Waals surface area contributed by atoms with Gasteiger partial charge in [0.05, 0.1) is 11.3 Å². The van der Waals surface area contributed by atoms with Crippen LogP contribution in [-0.2, 0) is 4.79 Å². The molecule has 0 aliphatic carbocycles. The first-order chi connectivity index (χ1) is 13.1. The fourth-order valence-corrected chi connectivity index (χ4v) is 2.74. The van der Waals surface area contributed by atoms with Crippen molar-refractivity contribution in [3.8, 4) is 17.1 Å². The second-order valence-electron chi connectivity index (χ2n) is 5.93. The molecular formula is C21H14FNO4. The van der Waals surface area contributed by atoms with E-state index in [9.17, 15) is 14.0 Å². The number of anilines is 1. The number of ketones is 1. The van der Waals surface area contributed by atoms with Crippen molar-refractivity contribution in [1.29, 1.82) is 0 Å². The molecule has 0 saturated carbocycles. The highest BCUT2D eigenvalue weighted by atomic mass is 19.1. The minimum atomic E-state index is -0.378. The number of allylic oxidation sites excluding steroid dienone is 1. The number of carbonyl (C=O) groups is 2. The van der Waals surface area contributed by atoms with Crippen molar-refractivity contribution >= 4 is 23.5 Å². The Kier molecular flexibility index (Phi) is 4.30. The van der Waals surface area contributed by atoms with Gasteiger partial charge in [-0.3, -0.25) is 9.59 Å². The maximum Gasteiger partial charge on any atom is 0.262 e. The first kappa shape index (κ1) is 16.8. The van der Waals surface area contributed by atoms with E-state index >= 15 is 0 Å². The lowest BCUT2D eigenvalue weighted by molar-refractivity contribution is -0.118. The highest BCUT2D eigenvalue weighted by Crippen LogP contribution is 2.29. The van der Waals surface area contributed by atoms with Gasteiger partial charge < -0.3 is 14.5 Å². The predicted molar refractivity (Wildman–Crippen MR) is 98.0 cm³/mol. The zero-order valence-corrected chi connectivity index (χ0v) is 14.1. The summed E-state index contributed by atoms with van der Waals surface area (Å²) in [6.07, 6.45) is 2.87. The molecule has 1 aliphatic heterocycles. The van der Waals surface area contributed by atoms with Gasteiger partial charge in [-0.05, 0) is 54.6 Å². The number of rotatable bonds is 4. The number of nitrogens with one attached hydrogen (secondary N) is 1. The van der Waals surface area contributed by atoms with Crippen molar-refractivity contribution in [1.82, 2.24) is 0 Å². The summed E-state index contributed by atoms with van der Waals surface area (Å²) in [5.41, 5.74) is 1.22. The Hall–Kier alpha value is -3.67. The molecule has 2 aromatic carbocycles. The standard InChI is InChI=1S/C21H14FNO4/c22-16-4-2-1-3-15(16)19-10-7-14(27-19)6-8-18(24)13-5-9-20-17(11-13)23-21(25)12-26-20/h1-11H,12H2,(H,23,25)/b8-6+. The Morgan fingerprint density at radius 2 is 1.96 bits per heavy atom. The summed E-state index contributed by atoms with van der Waals surface area (Å²) >= 11 is 0. The minimum absolute atomic E-state index is 0.0387. The Morgan fingerprint density at radius 3 is 2.81 bits per heavy atom. The number of fused-ring (bicyclic) bond motifs is 1. The third kappa shape index (κ3) is 3.50. The number of hydrogen-bond acceptors (Lipinski definition) is 4. The van der Waals surface area contributed by atoms with Gasteiger partial charge in [-0.2, -0.15) is 0 Å². The lowest BCUT2D eigenvalue weighted by Gasteiger charge is -2.17. The third-order valence-electron chi connectivity index (χ3n) is 4.06. The van der Waals surface area contributed by atoms with E-state index in [1.165, 1.54) is 18.2 Å². The van der Waals surface area contributed by atoms with Crippen LogP contribution in [0.1, 0.15) is 16.1 Å². The molecule has 0 saturated heterocycles. The van der Waals surface area contributed by atoms with E-state index in [4.69, 9.17) is 9.15 Å². The summed E-state index contributed by atoms with van der Waals surface area (Å²) in [6, 6.07) is 14.4. The van der Waals surface area contributed by atoms with Crippen LogP contribution in [-0.4, -0.2) is 18.3 Å². The summed E-state index contributed by atoms with van der Waals surface area (Å²) in [5, 5.41) is 2.66. The van der Waals surface area contributed by atoms with Crippen molar-refractivity contribution in [2.24, 2.45) is 0 Å². The fraction of sp³-hybridized carbons (Fsp3) is 0.0476. The number of carbonyl (C=O) groups excluding carboxylic acids is 2. The number of hydrogen-bond donors (Lipinski definition) is 1.